The molecule has 0 aliphatic carbocycles. The van der Waals surface area contributed by atoms with Crippen LogP contribution < -0.4 is 22.1 Å². The lowest BCUT2D eigenvalue weighted by Crippen LogP contribution is -2.70. The van der Waals surface area contributed by atoms with E-state index in [2.05, 4.69) is 10.6 Å². The third kappa shape index (κ3) is 8.80. The molecule has 0 saturated carbocycles. The maximum atomic E-state index is 12.2. The van der Waals surface area contributed by atoms with E-state index in [0.717, 1.165) is 13.8 Å². The number of carbonyl (C=O) groups is 4. The zero-order chi connectivity index (χ0) is 38.9. The van der Waals surface area contributed by atoms with Gasteiger partial charge in [0.2, 0.25) is 23.6 Å². The first-order valence-corrected chi connectivity index (χ1v) is 16.4. The molecule has 4 rings (SSSR count). The number of rotatable bonds is 11. The third-order valence-corrected chi connectivity index (χ3v) is 9.33. The van der Waals surface area contributed by atoms with Crippen molar-refractivity contribution in [2.75, 3.05) is 6.61 Å². The number of ether oxygens (including phenoxy) is 7. The van der Waals surface area contributed by atoms with Crippen molar-refractivity contribution in [2.24, 2.45) is 17.4 Å². The van der Waals surface area contributed by atoms with Gasteiger partial charge in [0.15, 0.2) is 31.3 Å². The minimum absolute atomic E-state index is 0.706. The lowest BCUT2D eigenvalue weighted by molar-refractivity contribution is -0.365. The van der Waals surface area contributed by atoms with Gasteiger partial charge in [-0.15, -0.1) is 0 Å². The second-order valence-electron chi connectivity index (χ2n) is 13.2. The highest BCUT2D eigenvalue weighted by atomic mass is 16.8. The Labute approximate surface area is 296 Å². The lowest BCUT2D eigenvalue weighted by Gasteiger charge is -2.50. The fourth-order valence-corrected chi connectivity index (χ4v) is 6.58. The Morgan fingerprint density at radius 1 is 0.596 bits per heavy atom. The van der Waals surface area contributed by atoms with Gasteiger partial charge < -0.3 is 96.1 Å². The van der Waals surface area contributed by atoms with E-state index in [0.29, 0.717) is 0 Å². The first-order valence-electron chi connectivity index (χ1n) is 16.4. The van der Waals surface area contributed by atoms with Gasteiger partial charge >= 0.3 is 0 Å². The first kappa shape index (κ1) is 42.0. The molecular weight excluding hydrogens is 708 g/mol. The second kappa shape index (κ2) is 17.2. The highest BCUT2D eigenvalue weighted by molar-refractivity contribution is 5.80. The molecule has 0 aromatic carbocycles. The molecule has 4 fully saturated rings. The quantitative estimate of drug-likeness (QED) is 0.0931. The van der Waals surface area contributed by atoms with Gasteiger partial charge in [-0.2, -0.15) is 0 Å². The van der Waals surface area contributed by atoms with Crippen molar-refractivity contribution in [3.05, 3.63) is 0 Å². The van der Waals surface area contributed by atoms with E-state index in [4.69, 9.17) is 44.6 Å². The predicted octanol–water partition coefficient (Wildman–Crippen LogP) is -8.17. The van der Waals surface area contributed by atoms with E-state index in [-0.39, 0.29) is 0 Å². The Morgan fingerprint density at radius 3 is 1.62 bits per heavy atom. The van der Waals surface area contributed by atoms with E-state index >= 15 is 0 Å². The fraction of sp³-hybridized carbons (Fsp3) is 0.862. The Balaban J connectivity index is 1.55. The summed E-state index contributed by atoms with van der Waals surface area (Å²) < 4.78 is 39.7. The zero-order valence-corrected chi connectivity index (χ0v) is 28.5. The Hall–Kier alpha value is -2.72. The smallest absolute Gasteiger partial charge is 0.249 e. The van der Waals surface area contributed by atoms with Crippen LogP contribution in [0.15, 0.2) is 0 Å². The van der Waals surface area contributed by atoms with Crippen LogP contribution in [-0.4, -0.2) is 188 Å². The van der Waals surface area contributed by atoms with Crippen molar-refractivity contribution in [1.82, 2.24) is 10.6 Å². The summed E-state index contributed by atoms with van der Waals surface area (Å²) in [5.41, 5.74) is 10.5. The number of primary amides is 2. The van der Waals surface area contributed by atoms with Crippen molar-refractivity contribution in [3.63, 3.8) is 0 Å². The van der Waals surface area contributed by atoms with Crippen LogP contribution >= 0.6 is 0 Å². The molecule has 0 radical (unpaired) electrons. The average molecular weight is 757 g/mol. The summed E-state index contributed by atoms with van der Waals surface area (Å²) in [6, 6.07) is -3.05. The zero-order valence-electron chi connectivity index (χ0n) is 28.5. The molecule has 4 aliphatic heterocycles. The van der Waals surface area contributed by atoms with Gasteiger partial charge in [0, 0.05) is 19.8 Å². The molecule has 0 spiro atoms. The molecule has 23 nitrogen and oxygen atoms in total. The van der Waals surface area contributed by atoms with E-state index < -0.39 is 153 Å². The number of nitrogens with two attached hydrogens (primary N) is 2. The molecular formula is C29H48N4O19. The monoisotopic (exact) mass is 756 g/mol. The van der Waals surface area contributed by atoms with E-state index in [1.54, 1.807) is 0 Å². The molecule has 0 aromatic rings. The second-order valence-corrected chi connectivity index (χ2v) is 13.2. The average Bonchev–Trinajstić information content (AvgIpc) is 3.06. The van der Waals surface area contributed by atoms with Gasteiger partial charge in [0.05, 0.1) is 18.8 Å². The van der Waals surface area contributed by atoms with Crippen LogP contribution in [0.25, 0.3) is 0 Å². The Bertz CT molecular complexity index is 1280. The highest BCUT2D eigenvalue weighted by Gasteiger charge is 2.55. The van der Waals surface area contributed by atoms with E-state index in [9.17, 15) is 60.0 Å². The maximum Gasteiger partial charge on any atom is 0.249 e. The molecule has 4 saturated heterocycles. The van der Waals surface area contributed by atoms with E-state index in [1.165, 1.54) is 13.8 Å². The summed E-state index contributed by atoms with van der Waals surface area (Å²) in [7, 11) is 0. The Morgan fingerprint density at radius 2 is 1.10 bits per heavy atom. The summed E-state index contributed by atoms with van der Waals surface area (Å²) in [5, 5.41) is 90.2. The minimum Gasteiger partial charge on any atom is -0.394 e. The normalized spacial score (nSPS) is 46.9. The summed E-state index contributed by atoms with van der Waals surface area (Å²) in [6.45, 7) is 4.09. The van der Waals surface area contributed by atoms with Crippen molar-refractivity contribution in [2.45, 2.75) is 144 Å². The van der Waals surface area contributed by atoms with Gasteiger partial charge in [-0.25, -0.2) is 0 Å². The number of nitrogens with one attached hydrogen (secondary N) is 2. The molecule has 4 heterocycles. The molecule has 0 aromatic heterocycles. The van der Waals surface area contributed by atoms with Crippen LogP contribution in [0.1, 0.15) is 27.7 Å². The van der Waals surface area contributed by atoms with Gasteiger partial charge in [-0.1, -0.05) is 6.92 Å². The molecule has 14 N–H and O–H groups in total. The Kier molecular flexibility index (Phi) is 13.9. The van der Waals surface area contributed by atoms with Crippen LogP contribution in [-0.2, 0) is 52.3 Å². The summed E-state index contributed by atoms with van der Waals surface area (Å²) in [6.07, 6.45) is -28.6. The number of amides is 4. The van der Waals surface area contributed by atoms with Gasteiger partial charge in [0.1, 0.15) is 73.1 Å². The van der Waals surface area contributed by atoms with Crippen LogP contribution in [0.4, 0.5) is 0 Å². The topological polar surface area (TPSA) is 371 Å². The SMILES string of the molecule is CC(=O)N[C@H]1[C@H](O[C@H]2[C@H](O)[C@@H](NC(C)=O)[C@H](O[C@@H]3[C@@H](O)[C@H](C)[C@@H](C(N)=O)O[C@@H]3O)O[C@@H]2CO)O[C@H](C)[C@@H](O[C@@H]2O[C@H](C(N)=O)[C@H](O)[C@H](O)[C@H]2O)[C@@H]1O. The van der Waals surface area contributed by atoms with Crippen LogP contribution in [0.5, 0.6) is 0 Å². The van der Waals surface area contributed by atoms with E-state index in [1.807, 2.05) is 0 Å². The van der Waals surface area contributed by atoms with Crippen LogP contribution in [0.2, 0.25) is 0 Å². The first-order chi connectivity index (χ1) is 24.3. The fourth-order valence-electron chi connectivity index (χ4n) is 6.58. The summed E-state index contributed by atoms with van der Waals surface area (Å²) >= 11 is 0. The number of aliphatic hydroxyl groups is 8. The van der Waals surface area contributed by atoms with Gasteiger partial charge in [-0.3, -0.25) is 19.2 Å². The molecule has 20 atom stereocenters. The van der Waals surface area contributed by atoms with Crippen molar-refractivity contribution < 1.29 is 93.2 Å². The number of carbonyl (C=O) groups excluding carboxylic acids is 4. The number of aliphatic hydroxyl groups excluding tert-OH is 8. The molecule has 4 amide bonds. The van der Waals surface area contributed by atoms with Crippen LogP contribution in [0, 0.1) is 5.92 Å². The van der Waals surface area contributed by atoms with Gasteiger partial charge in [-0.05, 0) is 6.92 Å². The lowest BCUT2D eigenvalue weighted by atomic mass is 9.90. The standard InChI is InChI=1S/C29H48N4O19/c1-6-13(37)23(26(45)48-19(6)24(30)43)52-28-12(33-9(4)36)15(39)21(10(5-34)47-28)50-27-11(32-8(3)35)14(38)20(7(2)46-27)49-29-18(42)16(40)17(41)22(51-29)25(31)44/h6-7,10-23,26-29,34,37-42,45H,5H2,1-4H3,(H2,30,43)(H2,31,44)(H,32,35)(H,33,36)/t6-,7+,10+,11+,12+,13-,14+,15+,16-,17+,18+,19-,20+,21+,22-,23+,26-,27-,28-,29+/m0/s1. The van der Waals surface area contributed by atoms with Crippen molar-refractivity contribution in [3.8, 4) is 0 Å². The number of hydrogen-bond acceptors (Lipinski definition) is 19. The molecule has 0 unspecified atom stereocenters. The predicted molar refractivity (Wildman–Crippen MR) is 163 cm³/mol. The van der Waals surface area contributed by atoms with Crippen molar-refractivity contribution >= 4 is 23.6 Å². The minimum atomic E-state index is -1.95. The number of hydrogen-bond donors (Lipinski definition) is 12. The van der Waals surface area contributed by atoms with Gasteiger partial charge in [0.25, 0.3) is 0 Å². The molecule has 298 valence electrons. The molecule has 52 heavy (non-hydrogen) atoms. The van der Waals surface area contributed by atoms with Crippen LogP contribution in [0.3, 0.4) is 0 Å². The largest absolute Gasteiger partial charge is 0.394 e. The molecule has 4 aliphatic rings. The molecule has 0 bridgehead atoms. The van der Waals surface area contributed by atoms with Crippen molar-refractivity contribution in [1.29, 1.82) is 0 Å². The highest BCUT2D eigenvalue weighted by Crippen LogP contribution is 2.35. The summed E-state index contributed by atoms with van der Waals surface area (Å²) in [4.78, 5) is 48.0. The molecule has 23 heteroatoms. The maximum absolute atomic E-state index is 12.2. The summed E-state index contributed by atoms with van der Waals surface area (Å²) in [5.74, 6) is -4.54. The third-order valence-electron chi connectivity index (χ3n) is 9.33.